The third-order valence-electron chi connectivity index (χ3n) is 4.16. The molecule has 7 heteroatoms. The minimum absolute atomic E-state index is 0.00718. The first kappa shape index (κ1) is 17.0. The van der Waals surface area contributed by atoms with Gasteiger partial charge in [0.25, 0.3) is 0 Å². The van der Waals surface area contributed by atoms with Crippen molar-refractivity contribution in [2.45, 2.75) is 32.0 Å². The van der Waals surface area contributed by atoms with Crippen LogP contribution in [0.25, 0.3) is 0 Å². The van der Waals surface area contributed by atoms with Crippen LogP contribution in [0.4, 0.5) is 14.9 Å². The molecule has 132 valence electrons. The third kappa shape index (κ3) is 4.36. The van der Waals surface area contributed by atoms with Gasteiger partial charge in [0.05, 0.1) is 24.5 Å². The molecule has 0 radical (unpaired) electrons. The van der Waals surface area contributed by atoms with Crippen molar-refractivity contribution in [3.63, 3.8) is 0 Å². The van der Waals surface area contributed by atoms with Crippen LogP contribution in [0.3, 0.4) is 0 Å². The molecule has 24 heavy (non-hydrogen) atoms. The van der Waals surface area contributed by atoms with E-state index in [1.807, 2.05) is 6.92 Å². The smallest absolute Gasteiger partial charge is 0.322 e. The van der Waals surface area contributed by atoms with Gasteiger partial charge in [-0.3, -0.25) is 0 Å². The number of amides is 2. The summed E-state index contributed by atoms with van der Waals surface area (Å²) in [5.41, 5.74) is 0.331. The third-order valence-corrected chi connectivity index (χ3v) is 4.16. The number of carbonyl (C=O) groups is 1. The van der Waals surface area contributed by atoms with Gasteiger partial charge in [-0.1, -0.05) is 0 Å². The molecule has 2 aliphatic rings. The molecule has 1 aromatic carbocycles. The molecule has 1 N–H and O–H groups in total. The summed E-state index contributed by atoms with van der Waals surface area (Å²) < 4.78 is 30.3. The molecule has 2 atom stereocenters. The van der Waals surface area contributed by atoms with Crippen molar-refractivity contribution in [1.82, 2.24) is 4.90 Å². The molecule has 2 heterocycles. The van der Waals surface area contributed by atoms with Crippen molar-refractivity contribution < 1.29 is 23.4 Å². The zero-order chi connectivity index (χ0) is 16.9. The molecule has 0 spiro atoms. The van der Waals surface area contributed by atoms with Crippen LogP contribution >= 0.6 is 0 Å². The molecule has 2 fully saturated rings. The Morgan fingerprint density at radius 2 is 2.29 bits per heavy atom. The van der Waals surface area contributed by atoms with Crippen LogP contribution in [0.15, 0.2) is 18.2 Å². The Labute approximate surface area is 140 Å². The van der Waals surface area contributed by atoms with Gasteiger partial charge in [0.2, 0.25) is 0 Å². The molecular formula is C17H23FN2O4. The first-order valence-corrected chi connectivity index (χ1v) is 8.33. The Balaban J connectivity index is 1.64. The quantitative estimate of drug-likeness (QED) is 0.917. The van der Waals surface area contributed by atoms with Crippen LogP contribution < -0.4 is 10.1 Å². The Morgan fingerprint density at radius 1 is 1.42 bits per heavy atom. The molecule has 1 aromatic rings. The maximum Gasteiger partial charge on any atom is 0.322 e. The van der Waals surface area contributed by atoms with Gasteiger partial charge in [-0.25, -0.2) is 9.18 Å². The van der Waals surface area contributed by atoms with Gasteiger partial charge in [0.15, 0.2) is 0 Å². The zero-order valence-corrected chi connectivity index (χ0v) is 13.8. The Morgan fingerprint density at radius 3 is 3.04 bits per heavy atom. The minimum atomic E-state index is -0.426. The van der Waals surface area contributed by atoms with Gasteiger partial charge in [0.1, 0.15) is 18.2 Å². The summed E-state index contributed by atoms with van der Waals surface area (Å²) in [6.07, 6.45) is 2.02. The molecule has 0 aromatic heterocycles. The molecule has 2 amide bonds. The topological polar surface area (TPSA) is 60.0 Å². The van der Waals surface area contributed by atoms with E-state index in [0.717, 1.165) is 19.4 Å². The monoisotopic (exact) mass is 338 g/mol. The van der Waals surface area contributed by atoms with Gasteiger partial charge >= 0.3 is 6.03 Å². The van der Waals surface area contributed by atoms with Crippen molar-refractivity contribution in [1.29, 1.82) is 0 Å². The van der Waals surface area contributed by atoms with Crippen molar-refractivity contribution in [3.05, 3.63) is 24.0 Å². The van der Waals surface area contributed by atoms with E-state index in [1.165, 1.54) is 18.2 Å². The molecule has 3 rings (SSSR count). The van der Waals surface area contributed by atoms with Crippen LogP contribution in [-0.4, -0.2) is 56.0 Å². The number of halogens is 1. The van der Waals surface area contributed by atoms with E-state index in [4.69, 9.17) is 14.2 Å². The average molecular weight is 338 g/mol. The van der Waals surface area contributed by atoms with Gasteiger partial charge in [-0.15, -0.1) is 0 Å². The number of morpholine rings is 1. The number of benzene rings is 1. The van der Waals surface area contributed by atoms with E-state index < -0.39 is 5.82 Å². The number of nitrogens with zero attached hydrogens (tertiary/aromatic N) is 1. The lowest BCUT2D eigenvalue weighted by atomic mass is 10.2. The Kier molecular flexibility index (Phi) is 5.52. The molecular weight excluding hydrogens is 315 g/mol. The maximum absolute atomic E-state index is 13.6. The van der Waals surface area contributed by atoms with Crippen LogP contribution in [0, 0.1) is 5.82 Å². The molecule has 2 aliphatic heterocycles. The fourth-order valence-corrected chi connectivity index (χ4v) is 2.88. The predicted molar refractivity (Wildman–Crippen MR) is 86.9 cm³/mol. The highest BCUT2D eigenvalue weighted by Gasteiger charge is 2.23. The zero-order valence-electron chi connectivity index (χ0n) is 13.8. The molecule has 0 bridgehead atoms. The van der Waals surface area contributed by atoms with Crippen molar-refractivity contribution in [3.8, 4) is 5.75 Å². The summed E-state index contributed by atoms with van der Waals surface area (Å²) in [6, 6.07) is 3.84. The number of urea groups is 1. The van der Waals surface area contributed by atoms with Crippen molar-refractivity contribution in [2.75, 3.05) is 38.2 Å². The molecule has 0 unspecified atom stereocenters. The number of ether oxygens (including phenoxy) is 3. The Hall–Kier alpha value is -1.86. The van der Waals surface area contributed by atoms with E-state index in [1.54, 1.807) is 4.90 Å². The van der Waals surface area contributed by atoms with Crippen LogP contribution in [0.2, 0.25) is 0 Å². The first-order chi connectivity index (χ1) is 11.6. The fraction of sp³-hybridized carbons (Fsp3) is 0.588. The second-order valence-electron chi connectivity index (χ2n) is 6.14. The average Bonchev–Trinajstić information content (AvgIpc) is 3.07. The highest BCUT2D eigenvalue weighted by Crippen LogP contribution is 2.27. The summed E-state index contributed by atoms with van der Waals surface area (Å²) >= 11 is 0. The van der Waals surface area contributed by atoms with Crippen LogP contribution in [-0.2, 0) is 9.47 Å². The number of hydrogen-bond donors (Lipinski definition) is 1. The van der Waals surface area contributed by atoms with Crippen molar-refractivity contribution in [2.24, 2.45) is 0 Å². The summed E-state index contributed by atoms with van der Waals surface area (Å²) in [5.74, 6) is 0.0201. The van der Waals surface area contributed by atoms with Crippen molar-refractivity contribution >= 4 is 11.7 Å². The normalized spacial score (nSPS) is 24.0. The summed E-state index contributed by atoms with van der Waals surface area (Å²) in [7, 11) is 0. The lowest BCUT2D eigenvalue weighted by Gasteiger charge is -2.31. The number of hydrogen-bond acceptors (Lipinski definition) is 4. The van der Waals surface area contributed by atoms with E-state index >= 15 is 0 Å². The SMILES string of the molecule is C[C@H]1CN(C(=O)Nc2cc(F)ccc2OC[C@@H]2CCCO2)CCO1. The van der Waals surface area contributed by atoms with Gasteiger partial charge in [-0.2, -0.15) is 0 Å². The van der Waals surface area contributed by atoms with Crippen LogP contribution in [0.1, 0.15) is 19.8 Å². The highest BCUT2D eigenvalue weighted by molar-refractivity contribution is 5.91. The van der Waals surface area contributed by atoms with E-state index in [0.29, 0.717) is 37.7 Å². The fourth-order valence-electron chi connectivity index (χ4n) is 2.88. The number of anilines is 1. The number of carbonyl (C=O) groups excluding carboxylic acids is 1. The van der Waals surface area contributed by atoms with Gasteiger partial charge < -0.3 is 24.4 Å². The maximum atomic E-state index is 13.6. The predicted octanol–water partition coefficient (Wildman–Crippen LogP) is 2.64. The Bertz CT molecular complexity index is 578. The lowest BCUT2D eigenvalue weighted by molar-refractivity contribution is -0.00139. The summed E-state index contributed by atoms with van der Waals surface area (Å²) in [6.45, 7) is 4.57. The van der Waals surface area contributed by atoms with E-state index in [2.05, 4.69) is 5.32 Å². The molecule has 6 nitrogen and oxygen atoms in total. The van der Waals surface area contributed by atoms with E-state index in [9.17, 15) is 9.18 Å². The molecule has 0 aliphatic carbocycles. The second kappa shape index (κ2) is 7.81. The first-order valence-electron chi connectivity index (χ1n) is 8.33. The summed E-state index contributed by atoms with van der Waals surface area (Å²) in [4.78, 5) is 14.0. The second-order valence-corrected chi connectivity index (χ2v) is 6.14. The minimum Gasteiger partial charge on any atom is -0.489 e. The molecule has 0 saturated carbocycles. The number of rotatable bonds is 4. The largest absolute Gasteiger partial charge is 0.489 e. The lowest BCUT2D eigenvalue weighted by Crippen LogP contribution is -2.46. The van der Waals surface area contributed by atoms with Crippen LogP contribution in [0.5, 0.6) is 5.75 Å². The molecule has 2 saturated heterocycles. The standard InChI is InChI=1S/C17H23FN2O4/c1-12-10-20(6-8-22-12)17(21)19-15-9-13(18)4-5-16(15)24-11-14-3-2-7-23-14/h4-5,9,12,14H,2-3,6-8,10-11H2,1H3,(H,19,21)/t12-,14-/m0/s1. The summed E-state index contributed by atoms with van der Waals surface area (Å²) in [5, 5.41) is 2.74. The van der Waals surface area contributed by atoms with Gasteiger partial charge in [-0.05, 0) is 31.9 Å². The van der Waals surface area contributed by atoms with E-state index in [-0.39, 0.29) is 18.2 Å². The van der Waals surface area contributed by atoms with Gasteiger partial charge in [0, 0.05) is 25.8 Å². The highest BCUT2D eigenvalue weighted by atomic mass is 19.1. The number of nitrogens with one attached hydrogen (secondary N) is 1.